The van der Waals surface area contributed by atoms with Crippen molar-refractivity contribution in [2.45, 2.75) is 60.3 Å². The van der Waals surface area contributed by atoms with Gasteiger partial charge in [-0.05, 0) is 43.7 Å². The summed E-state index contributed by atoms with van der Waals surface area (Å²) in [5.41, 5.74) is 0.571. The lowest BCUT2D eigenvalue weighted by atomic mass is 9.78. The predicted molar refractivity (Wildman–Crippen MR) is 65.6 cm³/mol. The minimum atomic E-state index is 0.571. The largest absolute Gasteiger partial charge is 0.317 e. The van der Waals surface area contributed by atoms with E-state index in [0.717, 1.165) is 5.92 Å². The van der Waals surface area contributed by atoms with Gasteiger partial charge < -0.3 is 5.32 Å². The molecule has 1 nitrogen and oxygen atoms in total. The van der Waals surface area contributed by atoms with E-state index < -0.39 is 0 Å². The highest BCUT2D eigenvalue weighted by atomic mass is 14.9. The molecule has 86 valence electrons. The number of hydrogen-bond acceptors (Lipinski definition) is 1. The van der Waals surface area contributed by atoms with Crippen LogP contribution in [0.2, 0.25) is 0 Å². The molecule has 1 aliphatic heterocycles. The lowest BCUT2D eigenvalue weighted by molar-refractivity contribution is 0.222. The van der Waals surface area contributed by atoms with Gasteiger partial charge in [0.05, 0.1) is 0 Å². The molecule has 1 heterocycles. The van der Waals surface area contributed by atoms with Gasteiger partial charge in [0, 0.05) is 0 Å². The summed E-state index contributed by atoms with van der Waals surface area (Å²) in [6.07, 6.45) is 5.52. The van der Waals surface area contributed by atoms with Crippen LogP contribution in [0.25, 0.3) is 0 Å². The van der Waals surface area contributed by atoms with Gasteiger partial charge in [-0.1, -0.05) is 41.0 Å². The molecule has 1 rings (SSSR count). The molecule has 0 aromatic rings. The van der Waals surface area contributed by atoms with Crippen LogP contribution in [0.4, 0.5) is 0 Å². The van der Waals surface area contributed by atoms with E-state index in [1.54, 1.807) is 0 Å². The fourth-order valence-corrected chi connectivity index (χ4v) is 2.01. The van der Waals surface area contributed by atoms with E-state index in [-0.39, 0.29) is 0 Å². The Kier molecular flexibility index (Phi) is 7.26. The zero-order valence-electron chi connectivity index (χ0n) is 10.8. The third-order valence-corrected chi connectivity index (χ3v) is 3.26. The quantitative estimate of drug-likeness (QED) is 0.728. The Bertz CT molecular complexity index is 123. The van der Waals surface area contributed by atoms with Crippen LogP contribution < -0.4 is 5.32 Å². The van der Waals surface area contributed by atoms with Gasteiger partial charge >= 0.3 is 0 Å². The fraction of sp³-hybridized carbons (Fsp3) is 1.00. The lowest BCUT2D eigenvalue weighted by Gasteiger charge is -2.31. The molecule has 0 aromatic carbocycles. The topological polar surface area (TPSA) is 12.0 Å². The standard InChI is InChI=1S/C11H23N.C2H6/c1-4-11(2,3)9-10-5-7-12-8-6-10;1-2/h10,12H,4-9H2,1-3H3;1-2H3. The number of hydrogen-bond donors (Lipinski definition) is 1. The first-order valence-corrected chi connectivity index (χ1v) is 6.35. The van der Waals surface area contributed by atoms with Crippen LogP contribution in [0.5, 0.6) is 0 Å². The number of piperidine rings is 1. The third-order valence-electron chi connectivity index (χ3n) is 3.26. The predicted octanol–water partition coefficient (Wildman–Crippen LogP) is 3.84. The first-order chi connectivity index (χ1) is 6.64. The molecule has 0 unspecified atom stereocenters. The van der Waals surface area contributed by atoms with Gasteiger partial charge in [0.1, 0.15) is 0 Å². The molecule has 0 saturated carbocycles. The number of rotatable bonds is 3. The highest BCUT2D eigenvalue weighted by Crippen LogP contribution is 2.32. The van der Waals surface area contributed by atoms with Gasteiger partial charge in [0.2, 0.25) is 0 Å². The summed E-state index contributed by atoms with van der Waals surface area (Å²) in [5.74, 6) is 0.987. The van der Waals surface area contributed by atoms with Crippen LogP contribution in [0.15, 0.2) is 0 Å². The fourth-order valence-electron chi connectivity index (χ4n) is 2.01. The normalized spacial score (nSPS) is 18.6. The molecule has 0 bridgehead atoms. The van der Waals surface area contributed by atoms with Crippen LogP contribution in [-0.4, -0.2) is 13.1 Å². The minimum Gasteiger partial charge on any atom is -0.317 e. The van der Waals surface area contributed by atoms with E-state index in [1.165, 1.54) is 38.8 Å². The van der Waals surface area contributed by atoms with E-state index in [9.17, 15) is 0 Å². The van der Waals surface area contributed by atoms with Crippen molar-refractivity contribution < 1.29 is 0 Å². The van der Waals surface area contributed by atoms with Crippen molar-refractivity contribution in [3.05, 3.63) is 0 Å². The summed E-state index contributed by atoms with van der Waals surface area (Å²) in [7, 11) is 0. The Morgan fingerprint density at radius 1 is 1.14 bits per heavy atom. The highest BCUT2D eigenvalue weighted by Gasteiger charge is 2.22. The molecule has 0 amide bonds. The zero-order valence-corrected chi connectivity index (χ0v) is 10.8. The monoisotopic (exact) mass is 199 g/mol. The molecule has 0 aliphatic carbocycles. The molecule has 0 atom stereocenters. The van der Waals surface area contributed by atoms with Gasteiger partial charge in [-0.15, -0.1) is 0 Å². The SMILES string of the molecule is CC.CCC(C)(C)CC1CCNCC1. The lowest BCUT2D eigenvalue weighted by Crippen LogP contribution is -2.30. The van der Waals surface area contributed by atoms with Gasteiger partial charge in [-0.2, -0.15) is 0 Å². The van der Waals surface area contributed by atoms with Gasteiger partial charge in [0.15, 0.2) is 0 Å². The van der Waals surface area contributed by atoms with Crippen molar-refractivity contribution in [2.75, 3.05) is 13.1 Å². The van der Waals surface area contributed by atoms with Crippen molar-refractivity contribution in [2.24, 2.45) is 11.3 Å². The van der Waals surface area contributed by atoms with E-state index in [2.05, 4.69) is 26.1 Å². The Hall–Kier alpha value is -0.0400. The summed E-state index contributed by atoms with van der Waals surface area (Å²) in [5, 5.41) is 3.42. The van der Waals surface area contributed by atoms with E-state index in [4.69, 9.17) is 0 Å². The molecular formula is C13H29N. The average Bonchev–Trinajstić information content (AvgIpc) is 2.22. The molecule has 0 radical (unpaired) electrons. The van der Waals surface area contributed by atoms with Crippen LogP contribution >= 0.6 is 0 Å². The maximum Gasteiger partial charge on any atom is -0.00463 e. The van der Waals surface area contributed by atoms with Crippen molar-refractivity contribution in [1.82, 2.24) is 5.32 Å². The Balaban J connectivity index is 0.000000791. The highest BCUT2D eigenvalue weighted by molar-refractivity contribution is 4.76. The summed E-state index contributed by atoms with van der Waals surface area (Å²) >= 11 is 0. The Morgan fingerprint density at radius 2 is 1.64 bits per heavy atom. The van der Waals surface area contributed by atoms with Crippen molar-refractivity contribution >= 4 is 0 Å². The molecule has 0 aromatic heterocycles. The summed E-state index contributed by atoms with van der Waals surface area (Å²) in [6, 6.07) is 0. The van der Waals surface area contributed by atoms with Gasteiger partial charge in [0.25, 0.3) is 0 Å². The maximum atomic E-state index is 3.42. The molecule has 1 aliphatic rings. The molecule has 1 N–H and O–H groups in total. The minimum absolute atomic E-state index is 0.571. The van der Waals surface area contributed by atoms with Crippen LogP contribution in [-0.2, 0) is 0 Å². The second-order valence-electron chi connectivity index (χ2n) is 4.92. The molecular weight excluding hydrogens is 170 g/mol. The molecule has 1 saturated heterocycles. The second kappa shape index (κ2) is 7.28. The second-order valence-corrected chi connectivity index (χ2v) is 4.92. The van der Waals surface area contributed by atoms with Crippen LogP contribution in [0.3, 0.4) is 0 Å². The van der Waals surface area contributed by atoms with Gasteiger partial charge in [-0.3, -0.25) is 0 Å². The zero-order chi connectivity index (χ0) is 11.0. The van der Waals surface area contributed by atoms with Crippen molar-refractivity contribution in [3.63, 3.8) is 0 Å². The van der Waals surface area contributed by atoms with E-state index >= 15 is 0 Å². The smallest absolute Gasteiger partial charge is 0.00463 e. The Morgan fingerprint density at radius 3 is 2.07 bits per heavy atom. The molecule has 14 heavy (non-hydrogen) atoms. The Labute approximate surface area is 90.7 Å². The maximum absolute atomic E-state index is 3.42. The summed E-state index contributed by atoms with van der Waals surface area (Å²) in [6.45, 7) is 13.6. The van der Waals surface area contributed by atoms with Crippen molar-refractivity contribution in [3.8, 4) is 0 Å². The molecule has 1 fully saturated rings. The first-order valence-electron chi connectivity index (χ1n) is 6.35. The van der Waals surface area contributed by atoms with Crippen LogP contribution in [0, 0.1) is 11.3 Å². The van der Waals surface area contributed by atoms with Crippen LogP contribution in [0.1, 0.15) is 60.3 Å². The summed E-state index contributed by atoms with van der Waals surface area (Å²) in [4.78, 5) is 0. The third kappa shape index (κ3) is 5.64. The number of nitrogens with one attached hydrogen (secondary N) is 1. The molecule has 1 heteroatoms. The first kappa shape index (κ1) is 14.0. The van der Waals surface area contributed by atoms with E-state index in [1.807, 2.05) is 13.8 Å². The van der Waals surface area contributed by atoms with E-state index in [0.29, 0.717) is 5.41 Å². The average molecular weight is 199 g/mol. The van der Waals surface area contributed by atoms with Gasteiger partial charge in [-0.25, -0.2) is 0 Å². The van der Waals surface area contributed by atoms with Crippen molar-refractivity contribution in [1.29, 1.82) is 0 Å². The summed E-state index contributed by atoms with van der Waals surface area (Å²) < 4.78 is 0. The molecule has 0 spiro atoms.